The van der Waals surface area contributed by atoms with Gasteiger partial charge in [-0.3, -0.25) is 0 Å². The predicted molar refractivity (Wildman–Crippen MR) is 76.9 cm³/mol. The van der Waals surface area contributed by atoms with Gasteiger partial charge in [0.1, 0.15) is 33.4 Å². The molecular weight excluding hydrogens is 299 g/mol. The lowest BCUT2D eigenvalue weighted by Crippen LogP contribution is -2.00. The third-order valence-electron chi connectivity index (χ3n) is 2.60. The number of nitrogens with one attached hydrogen (secondary N) is 1. The van der Waals surface area contributed by atoms with Crippen LogP contribution in [0.4, 0.5) is 15.1 Å². The smallest absolute Gasteiger partial charge is 0.141 e. The Bertz CT molecular complexity index is 742. The summed E-state index contributed by atoms with van der Waals surface area (Å²) in [7, 11) is 0. The summed E-state index contributed by atoms with van der Waals surface area (Å²) in [5.74, 6) is -0.486. The quantitative estimate of drug-likeness (QED) is 0.909. The lowest BCUT2D eigenvalue weighted by molar-refractivity contribution is 0.627. The number of nitrogens with two attached hydrogens (primary N) is 1. The highest BCUT2D eigenvalue weighted by Gasteiger charge is 2.15. The molecule has 3 N–H and O–H groups in total. The fraction of sp³-hybridized carbons (Fsp3) is 0.0769. The van der Waals surface area contributed by atoms with E-state index in [9.17, 15) is 4.39 Å². The zero-order chi connectivity index (χ0) is 14.7. The number of benzene rings is 1. The maximum atomic E-state index is 13.0. The second-order valence-electron chi connectivity index (χ2n) is 3.87. The highest BCUT2D eigenvalue weighted by molar-refractivity contribution is 7.17. The van der Waals surface area contributed by atoms with Crippen molar-refractivity contribution >= 4 is 33.6 Å². The van der Waals surface area contributed by atoms with E-state index in [2.05, 4.69) is 5.32 Å². The first-order valence-corrected chi connectivity index (χ1v) is 6.66. The summed E-state index contributed by atoms with van der Waals surface area (Å²) in [5, 5.41) is 21.5. The van der Waals surface area contributed by atoms with Gasteiger partial charge in [-0.15, -0.1) is 11.3 Å². The number of halogens is 2. The summed E-state index contributed by atoms with van der Waals surface area (Å²) in [5.41, 5.74) is 6.88. The summed E-state index contributed by atoms with van der Waals surface area (Å²) in [6.45, 7) is 0.347. The number of nitrogen functional groups attached to an aromatic ring is 1. The van der Waals surface area contributed by atoms with Crippen molar-refractivity contribution in [3.63, 3.8) is 0 Å². The Hall–Kier alpha value is -2.28. The molecule has 0 aliphatic rings. The molecule has 2 rings (SSSR count). The summed E-state index contributed by atoms with van der Waals surface area (Å²) in [6.07, 6.45) is 0. The second kappa shape index (κ2) is 5.79. The molecule has 0 radical (unpaired) electrons. The molecule has 1 aromatic carbocycles. The first-order valence-electron chi connectivity index (χ1n) is 5.47. The van der Waals surface area contributed by atoms with Crippen LogP contribution in [0.1, 0.15) is 16.0 Å². The molecule has 0 amide bonds. The van der Waals surface area contributed by atoms with Gasteiger partial charge in [0.05, 0.1) is 10.7 Å². The van der Waals surface area contributed by atoms with E-state index < -0.39 is 5.82 Å². The van der Waals surface area contributed by atoms with Crippen molar-refractivity contribution in [3.05, 3.63) is 45.0 Å². The predicted octanol–water partition coefficient (Wildman–Crippen LogP) is 3.48. The molecule has 0 saturated heterocycles. The van der Waals surface area contributed by atoms with E-state index in [0.29, 0.717) is 16.4 Å². The Morgan fingerprint density at radius 2 is 2.10 bits per heavy atom. The number of nitriles is 2. The lowest BCUT2D eigenvalue weighted by Gasteiger charge is -2.05. The number of nitrogens with zero attached hydrogens (tertiary/aromatic N) is 2. The molecule has 0 spiro atoms. The Morgan fingerprint density at radius 3 is 2.70 bits per heavy atom. The lowest BCUT2D eigenvalue weighted by atomic mass is 10.2. The average molecular weight is 307 g/mol. The molecule has 2 aromatic rings. The van der Waals surface area contributed by atoms with Gasteiger partial charge in [-0.05, 0) is 17.7 Å². The van der Waals surface area contributed by atoms with Gasteiger partial charge in [0, 0.05) is 6.54 Å². The monoisotopic (exact) mass is 306 g/mol. The van der Waals surface area contributed by atoms with Gasteiger partial charge < -0.3 is 11.1 Å². The van der Waals surface area contributed by atoms with Crippen molar-refractivity contribution in [1.29, 1.82) is 10.5 Å². The SMILES string of the molecule is N#Cc1sc(NCc2ccc(F)c(Cl)c2)c(C#N)c1N. The van der Waals surface area contributed by atoms with Crippen molar-refractivity contribution in [2.45, 2.75) is 6.54 Å². The van der Waals surface area contributed by atoms with E-state index in [0.717, 1.165) is 16.9 Å². The average Bonchev–Trinajstić information content (AvgIpc) is 2.75. The number of hydrogen-bond acceptors (Lipinski definition) is 5. The van der Waals surface area contributed by atoms with Gasteiger partial charge in [-0.1, -0.05) is 17.7 Å². The van der Waals surface area contributed by atoms with E-state index in [4.69, 9.17) is 27.9 Å². The first kappa shape index (κ1) is 14.1. The standard InChI is InChI=1S/C13H8ClFN4S/c14-9-3-7(1-2-10(9)15)6-19-13-8(4-16)12(18)11(5-17)20-13/h1-3,19H,6,18H2. The van der Waals surface area contributed by atoms with Crippen LogP contribution in [0.3, 0.4) is 0 Å². The van der Waals surface area contributed by atoms with Gasteiger partial charge in [0.2, 0.25) is 0 Å². The van der Waals surface area contributed by atoms with Crippen LogP contribution in [0, 0.1) is 28.5 Å². The summed E-state index contributed by atoms with van der Waals surface area (Å²) in [4.78, 5) is 0.293. The van der Waals surface area contributed by atoms with Gasteiger partial charge in [0.15, 0.2) is 0 Å². The maximum absolute atomic E-state index is 13.0. The molecule has 0 aliphatic heterocycles. The molecule has 0 unspecified atom stereocenters. The molecular formula is C13H8ClFN4S. The third-order valence-corrected chi connectivity index (χ3v) is 3.95. The van der Waals surface area contributed by atoms with Crippen molar-refractivity contribution in [2.24, 2.45) is 0 Å². The molecule has 0 fully saturated rings. The van der Waals surface area contributed by atoms with E-state index in [1.165, 1.54) is 12.1 Å². The Morgan fingerprint density at radius 1 is 1.35 bits per heavy atom. The largest absolute Gasteiger partial charge is 0.396 e. The number of thiophene rings is 1. The normalized spacial score (nSPS) is 9.80. The van der Waals surface area contributed by atoms with Crippen LogP contribution in [0.25, 0.3) is 0 Å². The maximum Gasteiger partial charge on any atom is 0.141 e. The third kappa shape index (κ3) is 2.67. The number of hydrogen-bond donors (Lipinski definition) is 2. The van der Waals surface area contributed by atoms with Crippen molar-refractivity contribution in [1.82, 2.24) is 0 Å². The zero-order valence-corrected chi connectivity index (χ0v) is 11.6. The molecule has 7 heteroatoms. The van der Waals surface area contributed by atoms with Crippen molar-refractivity contribution in [2.75, 3.05) is 11.1 Å². The van der Waals surface area contributed by atoms with Crippen molar-refractivity contribution in [3.8, 4) is 12.1 Å². The molecule has 0 bridgehead atoms. The Labute approximate surface area is 123 Å². The zero-order valence-electron chi connectivity index (χ0n) is 10.1. The molecule has 0 saturated carbocycles. The molecule has 4 nitrogen and oxygen atoms in total. The van der Waals surface area contributed by atoms with Crippen LogP contribution in [0.5, 0.6) is 0 Å². The van der Waals surface area contributed by atoms with E-state index in [1.54, 1.807) is 6.07 Å². The Balaban J connectivity index is 2.21. The van der Waals surface area contributed by atoms with Crippen molar-refractivity contribution < 1.29 is 4.39 Å². The van der Waals surface area contributed by atoms with Crippen LogP contribution in [0.2, 0.25) is 5.02 Å². The number of rotatable bonds is 3. The molecule has 1 heterocycles. The van der Waals surface area contributed by atoms with Gasteiger partial charge in [0.25, 0.3) is 0 Å². The fourth-order valence-electron chi connectivity index (χ4n) is 1.59. The minimum atomic E-state index is -0.486. The minimum absolute atomic E-state index is 0.0354. The molecule has 1 aromatic heterocycles. The van der Waals surface area contributed by atoms with Crippen LogP contribution in [-0.4, -0.2) is 0 Å². The second-order valence-corrected chi connectivity index (χ2v) is 5.30. The molecule has 100 valence electrons. The molecule has 0 atom stereocenters. The number of anilines is 2. The molecule has 20 heavy (non-hydrogen) atoms. The van der Waals surface area contributed by atoms with E-state index in [-0.39, 0.29) is 16.3 Å². The summed E-state index contributed by atoms with van der Waals surface area (Å²) >= 11 is 6.80. The minimum Gasteiger partial charge on any atom is -0.396 e. The van der Waals surface area contributed by atoms with E-state index >= 15 is 0 Å². The summed E-state index contributed by atoms with van der Waals surface area (Å²) in [6, 6.07) is 8.25. The first-order chi connectivity index (χ1) is 9.56. The van der Waals surface area contributed by atoms with Crippen LogP contribution >= 0.6 is 22.9 Å². The van der Waals surface area contributed by atoms with Gasteiger partial charge in [-0.2, -0.15) is 10.5 Å². The van der Waals surface area contributed by atoms with Crippen LogP contribution < -0.4 is 11.1 Å². The Kier molecular flexibility index (Phi) is 4.09. The topological polar surface area (TPSA) is 85.6 Å². The van der Waals surface area contributed by atoms with Gasteiger partial charge >= 0.3 is 0 Å². The highest BCUT2D eigenvalue weighted by Crippen LogP contribution is 2.34. The van der Waals surface area contributed by atoms with E-state index in [1.807, 2.05) is 12.1 Å². The van der Waals surface area contributed by atoms with Crippen LogP contribution in [0.15, 0.2) is 18.2 Å². The fourth-order valence-corrected chi connectivity index (χ4v) is 2.66. The van der Waals surface area contributed by atoms with Gasteiger partial charge in [-0.25, -0.2) is 4.39 Å². The molecule has 0 aliphatic carbocycles. The van der Waals surface area contributed by atoms with Crippen LogP contribution in [-0.2, 0) is 6.54 Å². The highest BCUT2D eigenvalue weighted by atomic mass is 35.5. The summed E-state index contributed by atoms with van der Waals surface area (Å²) < 4.78 is 13.0.